The largest absolute Gasteiger partial charge is 0.171 e. The monoisotopic (exact) mass is 156 g/mol. The van der Waals surface area contributed by atoms with Gasteiger partial charge in [0.25, 0.3) is 0 Å². The molecule has 1 rings (SSSR count). The van der Waals surface area contributed by atoms with Gasteiger partial charge in [-0.25, -0.2) is 0 Å². The number of aromatic nitrogens is 4. The maximum Gasteiger partial charge on any atom is 0.171 e. The molecular weight excluding hydrogens is 140 g/mol. The third kappa shape index (κ3) is 3.11. The number of hydrogen-bond acceptors (Lipinski definition) is 3. The van der Waals surface area contributed by atoms with Gasteiger partial charge in [-0.15, -0.1) is 10.2 Å². The Kier molecular flexibility index (Phi) is 4.41. The second kappa shape index (κ2) is 4.82. The molecule has 0 unspecified atom stereocenters. The smallest absolute Gasteiger partial charge is 0.162 e. The molecule has 11 heavy (non-hydrogen) atoms. The van der Waals surface area contributed by atoms with Gasteiger partial charge in [-0.2, -0.15) is 4.80 Å². The molecule has 0 atom stereocenters. The number of tetrazole rings is 1. The summed E-state index contributed by atoms with van der Waals surface area (Å²) in [5.41, 5.74) is 0. The first kappa shape index (κ1) is 10.1. The Balaban J connectivity index is 0.000000461. The fraction of sp³-hybridized carbons (Fsp3) is 0.857. The van der Waals surface area contributed by atoms with Gasteiger partial charge in [-0.05, 0) is 26.0 Å². The van der Waals surface area contributed by atoms with Crippen molar-refractivity contribution in [3.8, 4) is 0 Å². The van der Waals surface area contributed by atoms with Crippen LogP contribution < -0.4 is 0 Å². The molecule has 1 aromatic heterocycles. The van der Waals surface area contributed by atoms with Gasteiger partial charge in [-0.3, -0.25) is 0 Å². The lowest BCUT2D eigenvalue weighted by Gasteiger charge is -1.97. The topological polar surface area (TPSA) is 43.6 Å². The van der Waals surface area contributed by atoms with Gasteiger partial charge in [0.15, 0.2) is 5.82 Å². The van der Waals surface area contributed by atoms with Crippen LogP contribution in [0.3, 0.4) is 0 Å². The van der Waals surface area contributed by atoms with E-state index < -0.39 is 0 Å². The second-order valence-corrected chi connectivity index (χ2v) is 2.25. The van der Waals surface area contributed by atoms with Gasteiger partial charge in [-0.1, -0.05) is 13.8 Å². The highest BCUT2D eigenvalue weighted by Gasteiger charge is 1.99. The van der Waals surface area contributed by atoms with E-state index in [-0.39, 0.29) is 0 Å². The van der Waals surface area contributed by atoms with Crippen molar-refractivity contribution in [1.29, 1.82) is 0 Å². The zero-order valence-electron chi connectivity index (χ0n) is 7.87. The van der Waals surface area contributed by atoms with Crippen molar-refractivity contribution < 1.29 is 0 Å². The van der Waals surface area contributed by atoms with Crippen molar-refractivity contribution in [2.24, 2.45) is 0 Å². The summed E-state index contributed by atoms with van der Waals surface area (Å²) in [4.78, 5) is 1.59. The summed E-state index contributed by atoms with van der Waals surface area (Å²) in [6.45, 7) is 9.86. The third-order valence-electron chi connectivity index (χ3n) is 0.990. The molecule has 1 aromatic rings. The van der Waals surface area contributed by atoms with Crippen LogP contribution in [0, 0.1) is 6.92 Å². The first-order chi connectivity index (χ1) is 5.20. The summed E-state index contributed by atoms with van der Waals surface area (Å²) >= 11 is 0. The summed E-state index contributed by atoms with van der Waals surface area (Å²) < 4.78 is 0. The van der Waals surface area contributed by atoms with Crippen LogP contribution in [0.25, 0.3) is 0 Å². The van der Waals surface area contributed by atoms with Crippen molar-refractivity contribution in [1.82, 2.24) is 20.2 Å². The molecule has 0 fully saturated rings. The molecule has 0 spiro atoms. The van der Waals surface area contributed by atoms with Crippen molar-refractivity contribution in [2.75, 3.05) is 0 Å². The van der Waals surface area contributed by atoms with E-state index in [2.05, 4.69) is 15.4 Å². The molecule has 0 aliphatic rings. The van der Waals surface area contributed by atoms with Gasteiger partial charge in [0.1, 0.15) is 0 Å². The first-order valence-corrected chi connectivity index (χ1v) is 3.96. The Bertz CT molecular complexity index is 192. The molecule has 0 aromatic carbocycles. The lowest BCUT2D eigenvalue weighted by atomic mass is 10.4. The summed E-state index contributed by atoms with van der Waals surface area (Å²) in [6.07, 6.45) is 0. The maximum atomic E-state index is 4.00. The minimum absolute atomic E-state index is 0.311. The molecule has 0 aliphatic carbocycles. The lowest BCUT2D eigenvalue weighted by Crippen LogP contribution is -2.04. The minimum atomic E-state index is 0.311. The van der Waals surface area contributed by atoms with Crippen LogP contribution in [0.4, 0.5) is 0 Å². The van der Waals surface area contributed by atoms with E-state index in [1.54, 1.807) is 4.80 Å². The number of rotatable bonds is 1. The predicted octanol–water partition coefficient (Wildman–Crippen LogP) is 1.59. The Labute approximate surface area is 67.6 Å². The number of nitrogens with zero attached hydrogens (tertiary/aromatic N) is 4. The van der Waals surface area contributed by atoms with Crippen LogP contribution in [-0.2, 0) is 0 Å². The van der Waals surface area contributed by atoms with E-state index in [9.17, 15) is 0 Å². The first-order valence-electron chi connectivity index (χ1n) is 3.96. The summed E-state index contributed by atoms with van der Waals surface area (Å²) in [5, 5.41) is 11.5. The van der Waals surface area contributed by atoms with Crippen LogP contribution in [0.15, 0.2) is 0 Å². The van der Waals surface area contributed by atoms with Crippen LogP contribution >= 0.6 is 0 Å². The normalized spacial score (nSPS) is 9.27. The molecule has 0 aliphatic heterocycles. The second-order valence-electron chi connectivity index (χ2n) is 2.25. The molecular formula is C7H16N4. The highest BCUT2D eigenvalue weighted by Crippen LogP contribution is 1.96. The average Bonchev–Trinajstić information content (AvgIpc) is 2.40. The standard InChI is InChI=1S/C5H10N4.C2H6/c1-4(2)9-7-5(3)6-8-9;1-2/h4H,1-3H3;1-2H3. The van der Waals surface area contributed by atoms with Crippen LogP contribution in [0.2, 0.25) is 0 Å². The van der Waals surface area contributed by atoms with Crippen LogP contribution in [-0.4, -0.2) is 20.2 Å². The fourth-order valence-electron chi connectivity index (χ4n) is 0.518. The lowest BCUT2D eigenvalue weighted by molar-refractivity contribution is 0.454. The number of hydrogen-bond donors (Lipinski definition) is 0. The van der Waals surface area contributed by atoms with Crippen LogP contribution in [0.5, 0.6) is 0 Å². The maximum absolute atomic E-state index is 4.00. The molecule has 0 amide bonds. The summed E-state index contributed by atoms with van der Waals surface area (Å²) in [5.74, 6) is 0.726. The van der Waals surface area contributed by atoms with E-state index in [0.717, 1.165) is 5.82 Å². The Morgan fingerprint density at radius 1 is 1.27 bits per heavy atom. The Hall–Kier alpha value is -0.930. The summed E-state index contributed by atoms with van der Waals surface area (Å²) in [7, 11) is 0. The van der Waals surface area contributed by atoms with E-state index in [0.29, 0.717) is 6.04 Å². The molecule has 0 N–H and O–H groups in total. The van der Waals surface area contributed by atoms with Crippen LogP contribution in [0.1, 0.15) is 39.6 Å². The van der Waals surface area contributed by atoms with Crippen molar-refractivity contribution in [2.45, 2.75) is 40.7 Å². The molecule has 0 bridgehead atoms. The average molecular weight is 156 g/mol. The van der Waals surface area contributed by atoms with Gasteiger partial charge in [0.2, 0.25) is 0 Å². The van der Waals surface area contributed by atoms with Gasteiger partial charge in [0, 0.05) is 0 Å². The van der Waals surface area contributed by atoms with Gasteiger partial charge >= 0.3 is 0 Å². The Morgan fingerprint density at radius 3 is 2.00 bits per heavy atom. The van der Waals surface area contributed by atoms with Crippen molar-refractivity contribution in [3.05, 3.63) is 5.82 Å². The zero-order chi connectivity index (χ0) is 8.85. The molecule has 1 heterocycles. The van der Waals surface area contributed by atoms with E-state index in [4.69, 9.17) is 0 Å². The summed E-state index contributed by atoms with van der Waals surface area (Å²) in [6, 6.07) is 0.311. The number of aryl methyl sites for hydroxylation is 1. The van der Waals surface area contributed by atoms with Gasteiger partial charge < -0.3 is 0 Å². The van der Waals surface area contributed by atoms with Gasteiger partial charge in [0.05, 0.1) is 6.04 Å². The molecule has 0 saturated carbocycles. The molecule has 4 nitrogen and oxygen atoms in total. The molecule has 0 radical (unpaired) electrons. The quantitative estimate of drug-likeness (QED) is 0.620. The van der Waals surface area contributed by atoms with Crippen molar-refractivity contribution in [3.63, 3.8) is 0 Å². The van der Waals surface area contributed by atoms with E-state index in [1.807, 2.05) is 34.6 Å². The molecule has 4 heteroatoms. The zero-order valence-corrected chi connectivity index (χ0v) is 7.87. The highest BCUT2D eigenvalue weighted by atomic mass is 15.6. The SMILES string of the molecule is CC.Cc1nnn(C(C)C)n1. The molecule has 0 saturated heterocycles. The van der Waals surface area contributed by atoms with E-state index in [1.165, 1.54) is 0 Å². The highest BCUT2D eigenvalue weighted by molar-refractivity contribution is 4.67. The predicted molar refractivity (Wildman–Crippen MR) is 44.3 cm³/mol. The van der Waals surface area contributed by atoms with E-state index >= 15 is 0 Å². The minimum Gasteiger partial charge on any atom is -0.162 e. The molecule has 64 valence electrons. The Morgan fingerprint density at radius 2 is 1.82 bits per heavy atom. The fourth-order valence-corrected chi connectivity index (χ4v) is 0.518. The van der Waals surface area contributed by atoms with Crippen molar-refractivity contribution >= 4 is 0 Å². The third-order valence-corrected chi connectivity index (χ3v) is 0.990.